The molecule has 126 valence electrons. The molecule has 0 atom stereocenters. The van der Waals surface area contributed by atoms with Gasteiger partial charge in [-0.25, -0.2) is 4.79 Å². The van der Waals surface area contributed by atoms with Gasteiger partial charge in [0.05, 0.1) is 29.9 Å². The Kier molecular flexibility index (Phi) is 7.54. The number of hydrogen-bond donors (Lipinski definition) is 1. The lowest BCUT2D eigenvalue weighted by atomic mass is 10.2. The van der Waals surface area contributed by atoms with Crippen LogP contribution in [0, 0.1) is 0 Å². The van der Waals surface area contributed by atoms with Gasteiger partial charge in [-0.3, -0.25) is 9.59 Å². The summed E-state index contributed by atoms with van der Waals surface area (Å²) >= 11 is 6.02. The summed E-state index contributed by atoms with van der Waals surface area (Å²) in [5.41, 5.74) is 0.583. The van der Waals surface area contributed by atoms with Gasteiger partial charge in [-0.1, -0.05) is 24.9 Å². The SMILES string of the molecule is CCCCN(CC(=O)Nc1cc(C(=O)OC)ccc1Cl)C(C)=O. The molecule has 0 fully saturated rings. The normalized spacial score (nSPS) is 10.1. The van der Waals surface area contributed by atoms with Crippen molar-refractivity contribution >= 4 is 35.1 Å². The van der Waals surface area contributed by atoms with Crippen LogP contribution < -0.4 is 5.32 Å². The van der Waals surface area contributed by atoms with Crippen LogP contribution in [0.2, 0.25) is 5.02 Å². The fourth-order valence-electron chi connectivity index (χ4n) is 1.93. The quantitative estimate of drug-likeness (QED) is 0.774. The van der Waals surface area contributed by atoms with Gasteiger partial charge >= 0.3 is 5.97 Å². The molecule has 0 unspecified atom stereocenters. The lowest BCUT2D eigenvalue weighted by molar-refractivity contribution is -0.132. The number of hydrogen-bond acceptors (Lipinski definition) is 4. The number of anilines is 1. The van der Waals surface area contributed by atoms with E-state index in [9.17, 15) is 14.4 Å². The largest absolute Gasteiger partial charge is 0.465 e. The molecule has 1 aromatic rings. The van der Waals surface area contributed by atoms with Crippen LogP contribution in [0.3, 0.4) is 0 Å². The highest BCUT2D eigenvalue weighted by Crippen LogP contribution is 2.23. The van der Waals surface area contributed by atoms with E-state index in [-0.39, 0.29) is 23.9 Å². The van der Waals surface area contributed by atoms with Gasteiger partial charge in [-0.05, 0) is 24.6 Å². The van der Waals surface area contributed by atoms with Crippen molar-refractivity contribution < 1.29 is 19.1 Å². The van der Waals surface area contributed by atoms with E-state index in [4.69, 9.17) is 11.6 Å². The molecule has 7 heteroatoms. The Labute approximate surface area is 140 Å². The minimum Gasteiger partial charge on any atom is -0.465 e. The summed E-state index contributed by atoms with van der Waals surface area (Å²) in [6.07, 6.45) is 1.75. The molecule has 23 heavy (non-hydrogen) atoms. The predicted octanol–water partition coefficient (Wildman–Crippen LogP) is 2.71. The van der Waals surface area contributed by atoms with Crippen molar-refractivity contribution in [2.24, 2.45) is 0 Å². The van der Waals surface area contributed by atoms with Crippen LogP contribution in [0.4, 0.5) is 5.69 Å². The maximum atomic E-state index is 12.1. The van der Waals surface area contributed by atoms with E-state index in [1.54, 1.807) is 0 Å². The number of ether oxygens (including phenoxy) is 1. The molecule has 6 nitrogen and oxygen atoms in total. The Bertz CT molecular complexity index is 589. The van der Waals surface area contributed by atoms with Gasteiger partial charge in [0.15, 0.2) is 0 Å². The van der Waals surface area contributed by atoms with E-state index in [2.05, 4.69) is 10.1 Å². The summed E-state index contributed by atoms with van der Waals surface area (Å²) in [6.45, 7) is 3.90. The molecular formula is C16H21ClN2O4. The standard InChI is InChI=1S/C16H21ClN2O4/c1-4-5-8-19(11(2)20)10-15(21)18-14-9-12(16(22)23-3)6-7-13(14)17/h6-7,9H,4-5,8,10H2,1-3H3,(H,18,21). The second-order valence-electron chi connectivity index (χ2n) is 5.03. The molecule has 0 aliphatic carbocycles. The lowest BCUT2D eigenvalue weighted by Crippen LogP contribution is -2.37. The lowest BCUT2D eigenvalue weighted by Gasteiger charge is -2.20. The minimum atomic E-state index is -0.523. The number of nitrogens with zero attached hydrogens (tertiary/aromatic N) is 1. The highest BCUT2D eigenvalue weighted by Gasteiger charge is 2.15. The van der Waals surface area contributed by atoms with Crippen LogP contribution in [-0.2, 0) is 14.3 Å². The third kappa shape index (κ3) is 5.90. The van der Waals surface area contributed by atoms with Crippen molar-refractivity contribution in [2.45, 2.75) is 26.7 Å². The van der Waals surface area contributed by atoms with Crippen LogP contribution in [0.25, 0.3) is 0 Å². The summed E-state index contributed by atoms with van der Waals surface area (Å²) in [5, 5.41) is 2.92. The average molecular weight is 341 g/mol. The van der Waals surface area contributed by atoms with Crippen molar-refractivity contribution in [3.63, 3.8) is 0 Å². The smallest absolute Gasteiger partial charge is 0.337 e. The molecule has 1 aromatic carbocycles. The molecule has 0 saturated heterocycles. The summed E-state index contributed by atoms with van der Waals surface area (Å²) in [4.78, 5) is 36.6. The summed E-state index contributed by atoms with van der Waals surface area (Å²) in [5.74, 6) is -1.06. The second kappa shape index (κ2) is 9.15. The number of benzene rings is 1. The molecule has 1 N–H and O–H groups in total. The maximum absolute atomic E-state index is 12.1. The molecule has 0 heterocycles. The fraction of sp³-hybridized carbons (Fsp3) is 0.438. The number of esters is 1. The zero-order valence-corrected chi connectivity index (χ0v) is 14.3. The van der Waals surface area contributed by atoms with E-state index in [0.29, 0.717) is 17.3 Å². The van der Waals surface area contributed by atoms with Crippen LogP contribution in [0.1, 0.15) is 37.0 Å². The Balaban J connectivity index is 2.79. The van der Waals surface area contributed by atoms with Crippen LogP contribution >= 0.6 is 11.6 Å². The molecule has 0 saturated carbocycles. The van der Waals surface area contributed by atoms with Crippen molar-refractivity contribution in [3.8, 4) is 0 Å². The van der Waals surface area contributed by atoms with Crippen LogP contribution in [0.15, 0.2) is 18.2 Å². The second-order valence-corrected chi connectivity index (χ2v) is 5.44. The van der Waals surface area contributed by atoms with E-state index in [0.717, 1.165) is 12.8 Å². The first-order valence-electron chi connectivity index (χ1n) is 7.32. The number of nitrogens with one attached hydrogen (secondary N) is 1. The summed E-state index contributed by atoms with van der Waals surface area (Å²) in [7, 11) is 1.27. The van der Waals surface area contributed by atoms with E-state index >= 15 is 0 Å². The number of carbonyl (C=O) groups is 3. The Morgan fingerprint density at radius 2 is 2.00 bits per heavy atom. The van der Waals surface area contributed by atoms with Crippen LogP contribution in [0.5, 0.6) is 0 Å². The van der Waals surface area contributed by atoms with Crippen molar-refractivity contribution in [3.05, 3.63) is 28.8 Å². The van der Waals surface area contributed by atoms with Crippen LogP contribution in [-0.4, -0.2) is 42.9 Å². The summed E-state index contributed by atoms with van der Waals surface area (Å²) in [6, 6.07) is 4.45. The van der Waals surface area contributed by atoms with Gasteiger partial charge < -0.3 is 15.0 Å². The van der Waals surface area contributed by atoms with Gasteiger partial charge in [0.25, 0.3) is 0 Å². The van der Waals surface area contributed by atoms with Gasteiger partial charge in [0.2, 0.25) is 11.8 Å². The molecule has 0 aromatic heterocycles. The number of amides is 2. The monoisotopic (exact) mass is 340 g/mol. The van der Waals surface area contributed by atoms with Gasteiger partial charge in [0, 0.05) is 13.5 Å². The number of rotatable bonds is 7. The Hall–Kier alpha value is -2.08. The molecule has 0 radical (unpaired) electrons. The summed E-state index contributed by atoms with van der Waals surface area (Å²) < 4.78 is 4.63. The van der Waals surface area contributed by atoms with E-state index in [1.807, 2.05) is 6.92 Å². The third-order valence-corrected chi connectivity index (χ3v) is 3.55. The molecule has 0 aliphatic rings. The van der Waals surface area contributed by atoms with Crippen molar-refractivity contribution in [1.82, 2.24) is 4.90 Å². The number of halogens is 1. The molecule has 1 rings (SSSR count). The molecule has 0 spiro atoms. The zero-order chi connectivity index (χ0) is 17.4. The van der Waals surface area contributed by atoms with E-state index in [1.165, 1.54) is 37.1 Å². The number of methoxy groups -OCH3 is 1. The number of unbranched alkanes of at least 4 members (excludes halogenated alkanes) is 1. The average Bonchev–Trinajstić information content (AvgIpc) is 2.52. The maximum Gasteiger partial charge on any atom is 0.337 e. The highest BCUT2D eigenvalue weighted by atomic mass is 35.5. The molecule has 0 bridgehead atoms. The highest BCUT2D eigenvalue weighted by molar-refractivity contribution is 6.33. The van der Waals surface area contributed by atoms with Gasteiger partial charge in [-0.2, -0.15) is 0 Å². The molecular weight excluding hydrogens is 320 g/mol. The minimum absolute atomic E-state index is 0.0614. The van der Waals surface area contributed by atoms with Gasteiger partial charge in [-0.15, -0.1) is 0 Å². The molecule has 2 amide bonds. The first-order valence-corrected chi connectivity index (χ1v) is 7.70. The number of carbonyl (C=O) groups excluding carboxylic acids is 3. The van der Waals surface area contributed by atoms with Gasteiger partial charge in [0.1, 0.15) is 0 Å². The first-order chi connectivity index (χ1) is 10.9. The van der Waals surface area contributed by atoms with E-state index < -0.39 is 5.97 Å². The predicted molar refractivity (Wildman–Crippen MR) is 88.6 cm³/mol. The first kappa shape index (κ1) is 19.0. The van der Waals surface area contributed by atoms with Crippen molar-refractivity contribution in [1.29, 1.82) is 0 Å². The molecule has 0 aliphatic heterocycles. The fourth-order valence-corrected chi connectivity index (χ4v) is 2.09. The zero-order valence-electron chi connectivity index (χ0n) is 13.5. The topological polar surface area (TPSA) is 75.7 Å². The Morgan fingerprint density at radius 3 is 2.57 bits per heavy atom. The third-order valence-electron chi connectivity index (χ3n) is 3.22. The van der Waals surface area contributed by atoms with Crippen molar-refractivity contribution in [2.75, 3.05) is 25.5 Å². The Morgan fingerprint density at radius 1 is 1.30 bits per heavy atom.